The monoisotopic (exact) mass is 437 g/mol. The molecular formula is C21H28ClN3O3S. The highest BCUT2D eigenvalue weighted by molar-refractivity contribution is 7.16. The highest BCUT2D eigenvalue weighted by atomic mass is 35.5. The second-order valence-corrected chi connectivity index (χ2v) is 10.4. The van der Waals surface area contributed by atoms with Crippen LogP contribution in [0.1, 0.15) is 51.5 Å². The van der Waals surface area contributed by atoms with Gasteiger partial charge in [0.25, 0.3) is 0 Å². The van der Waals surface area contributed by atoms with Gasteiger partial charge in [0.05, 0.1) is 10.2 Å². The first-order valence-electron chi connectivity index (χ1n) is 10.2. The largest absolute Gasteiger partial charge is 0.444 e. The second-order valence-electron chi connectivity index (χ2n) is 9.03. The van der Waals surface area contributed by atoms with Crippen molar-refractivity contribution < 1.29 is 9.53 Å². The van der Waals surface area contributed by atoms with Crippen LogP contribution in [0, 0.1) is 0 Å². The average Bonchev–Trinajstić information content (AvgIpc) is 2.96. The molecule has 0 radical (unpaired) electrons. The summed E-state index contributed by atoms with van der Waals surface area (Å²) in [5.41, 5.74) is 1.68. The number of likely N-dealkylation sites (tertiary alicyclic amines) is 1. The summed E-state index contributed by atoms with van der Waals surface area (Å²) in [7, 11) is 0. The standard InChI is InChI=1S/C21H28ClN3O3S/c1-21(2,3)28-19(26)23-14-7-9-24(10-8-14)12-13-6-11-25-18-16(29-20(25)27)5-4-15(22)17(13)18/h4-5,13-14H,6-12H2,1-3H3,(H,23,26). The Morgan fingerprint density at radius 3 is 2.66 bits per heavy atom. The van der Waals surface area contributed by atoms with E-state index in [-0.39, 0.29) is 17.0 Å². The van der Waals surface area contributed by atoms with Crippen molar-refractivity contribution in [1.82, 2.24) is 14.8 Å². The van der Waals surface area contributed by atoms with Crippen LogP contribution in [0.5, 0.6) is 0 Å². The molecule has 6 nitrogen and oxygen atoms in total. The number of piperidine rings is 1. The summed E-state index contributed by atoms with van der Waals surface area (Å²) < 4.78 is 8.28. The lowest BCUT2D eigenvalue weighted by atomic mass is 9.90. The first-order valence-corrected chi connectivity index (χ1v) is 11.4. The molecule has 2 aliphatic heterocycles. The third-order valence-electron chi connectivity index (χ3n) is 5.71. The molecule has 0 aliphatic carbocycles. The molecule has 29 heavy (non-hydrogen) atoms. The zero-order valence-electron chi connectivity index (χ0n) is 17.2. The van der Waals surface area contributed by atoms with Gasteiger partial charge < -0.3 is 15.0 Å². The molecule has 0 bridgehead atoms. The van der Waals surface area contributed by atoms with E-state index in [1.54, 1.807) is 0 Å². The van der Waals surface area contributed by atoms with Gasteiger partial charge in [0.2, 0.25) is 0 Å². The molecule has 158 valence electrons. The van der Waals surface area contributed by atoms with Crippen molar-refractivity contribution in [3.63, 3.8) is 0 Å². The lowest BCUT2D eigenvalue weighted by Crippen LogP contribution is -2.47. The minimum Gasteiger partial charge on any atom is -0.444 e. The number of halogens is 1. The smallest absolute Gasteiger partial charge is 0.407 e. The number of thiazole rings is 1. The first-order chi connectivity index (χ1) is 13.7. The number of rotatable bonds is 3. The van der Waals surface area contributed by atoms with E-state index in [0.29, 0.717) is 5.92 Å². The summed E-state index contributed by atoms with van der Waals surface area (Å²) in [5, 5.41) is 3.75. The van der Waals surface area contributed by atoms with Gasteiger partial charge in [0.1, 0.15) is 5.60 Å². The maximum Gasteiger partial charge on any atom is 0.407 e. The maximum atomic E-state index is 12.3. The Kier molecular flexibility index (Phi) is 5.66. The molecule has 4 rings (SSSR count). The Hall–Kier alpha value is -1.57. The van der Waals surface area contributed by atoms with Crippen LogP contribution >= 0.6 is 22.9 Å². The molecular weight excluding hydrogens is 410 g/mol. The van der Waals surface area contributed by atoms with Crippen LogP contribution in [-0.2, 0) is 11.3 Å². The molecule has 1 saturated heterocycles. The van der Waals surface area contributed by atoms with Crippen LogP contribution in [-0.4, -0.2) is 46.8 Å². The van der Waals surface area contributed by atoms with Gasteiger partial charge in [-0.15, -0.1) is 0 Å². The SMILES string of the molecule is CC(C)(C)OC(=O)NC1CCN(CC2CCn3c(=O)sc4ccc(Cl)c2c43)CC1. The number of aryl methyl sites for hydroxylation is 1. The minimum absolute atomic E-state index is 0.107. The summed E-state index contributed by atoms with van der Waals surface area (Å²) in [6.07, 6.45) is 2.41. The van der Waals surface area contributed by atoms with Crippen LogP contribution in [0.4, 0.5) is 4.79 Å². The van der Waals surface area contributed by atoms with Crippen molar-refractivity contribution in [2.24, 2.45) is 0 Å². The lowest BCUT2D eigenvalue weighted by Gasteiger charge is -2.36. The van der Waals surface area contributed by atoms with Crippen molar-refractivity contribution >= 4 is 39.2 Å². The Morgan fingerprint density at radius 2 is 1.97 bits per heavy atom. The number of amides is 1. The van der Waals surface area contributed by atoms with Crippen molar-refractivity contribution in [1.29, 1.82) is 0 Å². The fraction of sp³-hybridized carbons (Fsp3) is 0.619. The molecule has 0 spiro atoms. The summed E-state index contributed by atoms with van der Waals surface area (Å²) in [6, 6.07) is 4.04. The Balaban J connectivity index is 1.39. The number of benzene rings is 1. The Morgan fingerprint density at radius 1 is 1.24 bits per heavy atom. The van der Waals surface area contributed by atoms with Crippen LogP contribution in [0.25, 0.3) is 10.2 Å². The molecule has 1 N–H and O–H groups in total. The van der Waals surface area contributed by atoms with Crippen molar-refractivity contribution in [2.75, 3.05) is 19.6 Å². The number of ether oxygens (including phenoxy) is 1. The predicted octanol–water partition coefficient (Wildman–Crippen LogP) is 4.19. The quantitative estimate of drug-likeness (QED) is 0.781. The number of nitrogens with one attached hydrogen (secondary N) is 1. The molecule has 1 fully saturated rings. The van der Waals surface area contributed by atoms with Crippen molar-refractivity contribution in [3.05, 3.63) is 32.4 Å². The van der Waals surface area contributed by atoms with Crippen LogP contribution in [0.3, 0.4) is 0 Å². The second kappa shape index (κ2) is 7.93. The van der Waals surface area contributed by atoms with Gasteiger partial charge in [-0.2, -0.15) is 0 Å². The van der Waals surface area contributed by atoms with E-state index in [0.717, 1.165) is 66.2 Å². The first kappa shape index (κ1) is 20.7. The van der Waals surface area contributed by atoms with Gasteiger partial charge in [-0.1, -0.05) is 22.9 Å². The third kappa shape index (κ3) is 4.47. The zero-order chi connectivity index (χ0) is 20.8. The molecule has 3 heterocycles. The topological polar surface area (TPSA) is 63.6 Å². The Labute approximate surface area is 179 Å². The normalized spacial score (nSPS) is 20.8. The van der Waals surface area contributed by atoms with Crippen LogP contribution < -0.4 is 10.2 Å². The van der Waals surface area contributed by atoms with Crippen molar-refractivity contribution in [2.45, 2.75) is 64.1 Å². The zero-order valence-corrected chi connectivity index (χ0v) is 18.7. The van der Waals surface area contributed by atoms with Crippen molar-refractivity contribution in [3.8, 4) is 0 Å². The maximum absolute atomic E-state index is 12.3. The molecule has 1 aromatic heterocycles. The molecule has 0 saturated carbocycles. The van der Waals surface area contributed by atoms with Crippen LogP contribution in [0.15, 0.2) is 16.9 Å². The summed E-state index contributed by atoms with van der Waals surface area (Å²) in [4.78, 5) is 26.8. The van der Waals surface area contributed by atoms with Gasteiger partial charge in [-0.25, -0.2) is 4.79 Å². The number of hydrogen-bond donors (Lipinski definition) is 1. The fourth-order valence-corrected chi connectivity index (χ4v) is 5.65. The van der Waals surface area contributed by atoms with E-state index >= 15 is 0 Å². The van der Waals surface area contributed by atoms with Gasteiger partial charge in [0.15, 0.2) is 0 Å². The van der Waals surface area contributed by atoms with E-state index in [1.165, 1.54) is 11.3 Å². The van der Waals surface area contributed by atoms with E-state index in [4.69, 9.17) is 16.3 Å². The number of nitrogens with zero attached hydrogens (tertiary/aromatic N) is 2. The van der Waals surface area contributed by atoms with Gasteiger partial charge in [-0.05, 0) is 52.2 Å². The fourth-order valence-electron chi connectivity index (χ4n) is 4.41. The van der Waals surface area contributed by atoms with Gasteiger partial charge >= 0.3 is 11.0 Å². The molecule has 1 unspecified atom stereocenters. The number of alkyl carbamates (subject to hydrolysis) is 1. The molecule has 1 aromatic carbocycles. The highest BCUT2D eigenvalue weighted by Gasteiger charge is 2.30. The molecule has 1 amide bonds. The lowest BCUT2D eigenvalue weighted by molar-refractivity contribution is 0.0477. The van der Waals surface area contributed by atoms with Gasteiger partial charge in [0, 0.05) is 48.7 Å². The van der Waals surface area contributed by atoms with E-state index in [1.807, 2.05) is 37.5 Å². The number of carbonyl (C=O) groups is 1. The van der Waals surface area contributed by atoms with E-state index < -0.39 is 5.60 Å². The number of carbonyl (C=O) groups excluding carboxylic acids is 1. The molecule has 8 heteroatoms. The molecule has 2 aliphatic rings. The van der Waals surface area contributed by atoms with E-state index in [9.17, 15) is 9.59 Å². The minimum atomic E-state index is -0.478. The average molecular weight is 438 g/mol. The third-order valence-corrected chi connectivity index (χ3v) is 6.98. The summed E-state index contributed by atoms with van der Waals surface area (Å²) in [5.74, 6) is 0.329. The van der Waals surface area contributed by atoms with E-state index in [2.05, 4.69) is 10.2 Å². The number of aromatic nitrogens is 1. The predicted molar refractivity (Wildman–Crippen MR) is 117 cm³/mol. The summed E-state index contributed by atoms with van der Waals surface area (Å²) >= 11 is 7.88. The number of hydrogen-bond acceptors (Lipinski definition) is 5. The van der Waals surface area contributed by atoms with Crippen LogP contribution in [0.2, 0.25) is 5.02 Å². The van der Waals surface area contributed by atoms with Gasteiger partial charge in [-0.3, -0.25) is 9.36 Å². The summed E-state index contributed by atoms with van der Waals surface area (Å²) in [6.45, 7) is 9.17. The molecule has 1 atom stereocenters. The highest BCUT2D eigenvalue weighted by Crippen LogP contribution is 2.39. The molecule has 2 aromatic rings. The Bertz CT molecular complexity index is 970.